The number of carbonyl (C=O) groups excluding carboxylic acids is 2. The van der Waals surface area contributed by atoms with Crippen molar-refractivity contribution in [3.8, 4) is 0 Å². The van der Waals surface area contributed by atoms with Crippen LogP contribution in [0.25, 0.3) is 0 Å². The van der Waals surface area contributed by atoms with Crippen LogP contribution in [0, 0.1) is 0 Å². The molecule has 2 aromatic carbocycles. The molecule has 2 amide bonds. The van der Waals surface area contributed by atoms with E-state index in [0.29, 0.717) is 25.1 Å². The van der Waals surface area contributed by atoms with Crippen molar-refractivity contribution in [1.29, 1.82) is 0 Å². The number of amides is 2. The van der Waals surface area contributed by atoms with E-state index in [-0.39, 0.29) is 11.8 Å². The summed E-state index contributed by atoms with van der Waals surface area (Å²) in [4.78, 5) is 26.0. The maximum absolute atomic E-state index is 12.3. The van der Waals surface area contributed by atoms with Gasteiger partial charge in [-0.1, -0.05) is 37.3 Å². The zero-order chi connectivity index (χ0) is 16.2. The van der Waals surface area contributed by atoms with Crippen molar-refractivity contribution >= 4 is 17.5 Å². The number of nitrogens with zero attached hydrogens (tertiary/aromatic N) is 1. The van der Waals surface area contributed by atoms with Gasteiger partial charge in [0.05, 0.1) is 0 Å². The Hall–Kier alpha value is -2.62. The Morgan fingerprint density at radius 1 is 1.13 bits per heavy atom. The lowest BCUT2D eigenvalue weighted by Crippen LogP contribution is -2.27. The van der Waals surface area contributed by atoms with Gasteiger partial charge in [-0.05, 0) is 35.7 Å². The molecule has 2 aromatic rings. The van der Waals surface area contributed by atoms with Crippen LogP contribution in [0.5, 0.6) is 0 Å². The van der Waals surface area contributed by atoms with Crippen LogP contribution in [-0.2, 0) is 17.8 Å². The molecular weight excluding hydrogens is 288 g/mol. The van der Waals surface area contributed by atoms with Gasteiger partial charge < -0.3 is 10.2 Å². The maximum Gasteiger partial charge on any atom is 0.251 e. The Balaban J connectivity index is 1.70. The minimum atomic E-state index is -0.0862. The molecule has 1 heterocycles. The maximum atomic E-state index is 12.3. The van der Waals surface area contributed by atoms with Crippen LogP contribution >= 0.6 is 0 Å². The van der Waals surface area contributed by atoms with Gasteiger partial charge in [0, 0.05) is 30.8 Å². The number of benzene rings is 2. The summed E-state index contributed by atoms with van der Waals surface area (Å²) in [6.45, 7) is 3.08. The number of anilines is 1. The molecule has 0 atom stereocenters. The fourth-order valence-corrected chi connectivity index (χ4v) is 2.87. The molecule has 0 unspecified atom stereocenters. The SMILES string of the molecule is CCC(=O)N1CCc2cc(C(=O)NCc3ccccc3)ccc21. The fraction of sp³-hybridized carbons (Fsp3) is 0.263. The van der Waals surface area contributed by atoms with E-state index in [2.05, 4.69) is 5.32 Å². The molecule has 0 radical (unpaired) electrons. The molecule has 0 spiro atoms. The van der Waals surface area contributed by atoms with E-state index >= 15 is 0 Å². The van der Waals surface area contributed by atoms with Gasteiger partial charge in [-0.2, -0.15) is 0 Å². The molecule has 0 saturated carbocycles. The number of hydrogen-bond donors (Lipinski definition) is 1. The molecule has 0 aromatic heterocycles. The fourth-order valence-electron chi connectivity index (χ4n) is 2.87. The van der Waals surface area contributed by atoms with Crippen molar-refractivity contribution in [3.05, 3.63) is 65.2 Å². The first-order chi connectivity index (χ1) is 11.2. The minimum Gasteiger partial charge on any atom is -0.348 e. The summed E-state index contributed by atoms with van der Waals surface area (Å²) >= 11 is 0. The molecule has 3 rings (SSSR count). The van der Waals surface area contributed by atoms with Gasteiger partial charge in [0.25, 0.3) is 5.91 Å². The summed E-state index contributed by atoms with van der Waals surface area (Å²) in [6.07, 6.45) is 1.31. The molecule has 0 fully saturated rings. The standard InChI is InChI=1S/C19H20N2O2/c1-2-18(22)21-11-10-15-12-16(8-9-17(15)21)19(23)20-13-14-6-4-3-5-7-14/h3-9,12H,2,10-11,13H2,1H3,(H,20,23). The Morgan fingerprint density at radius 3 is 2.65 bits per heavy atom. The van der Waals surface area contributed by atoms with Crippen LogP contribution in [0.4, 0.5) is 5.69 Å². The highest BCUT2D eigenvalue weighted by Crippen LogP contribution is 2.29. The van der Waals surface area contributed by atoms with Crippen LogP contribution < -0.4 is 10.2 Å². The summed E-state index contributed by atoms with van der Waals surface area (Å²) in [6, 6.07) is 15.4. The van der Waals surface area contributed by atoms with Gasteiger partial charge >= 0.3 is 0 Å². The smallest absolute Gasteiger partial charge is 0.251 e. The van der Waals surface area contributed by atoms with E-state index in [1.54, 1.807) is 11.0 Å². The average Bonchev–Trinajstić information content (AvgIpc) is 3.03. The highest BCUT2D eigenvalue weighted by Gasteiger charge is 2.24. The third-order valence-electron chi connectivity index (χ3n) is 4.14. The summed E-state index contributed by atoms with van der Waals surface area (Å²) in [5, 5.41) is 2.93. The summed E-state index contributed by atoms with van der Waals surface area (Å²) in [7, 11) is 0. The van der Waals surface area contributed by atoms with Crippen LogP contribution in [0.1, 0.15) is 34.8 Å². The Labute approximate surface area is 136 Å². The highest BCUT2D eigenvalue weighted by atomic mass is 16.2. The van der Waals surface area contributed by atoms with Crippen molar-refractivity contribution in [3.63, 3.8) is 0 Å². The third kappa shape index (κ3) is 3.26. The van der Waals surface area contributed by atoms with Gasteiger partial charge in [-0.25, -0.2) is 0 Å². The lowest BCUT2D eigenvalue weighted by molar-refractivity contribution is -0.118. The van der Waals surface area contributed by atoms with Crippen LogP contribution in [0.2, 0.25) is 0 Å². The predicted molar refractivity (Wildman–Crippen MR) is 90.4 cm³/mol. The Kier molecular flexibility index (Phi) is 4.42. The van der Waals surface area contributed by atoms with Crippen molar-refractivity contribution in [2.45, 2.75) is 26.3 Å². The average molecular weight is 308 g/mol. The zero-order valence-corrected chi connectivity index (χ0v) is 13.2. The molecular formula is C19H20N2O2. The van der Waals surface area contributed by atoms with E-state index in [1.165, 1.54) is 0 Å². The molecule has 1 N–H and O–H groups in total. The number of hydrogen-bond acceptors (Lipinski definition) is 2. The molecule has 0 aliphatic carbocycles. The summed E-state index contributed by atoms with van der Waals surface area (Å²) in [5.74, 6) is 0.0435. The van der Waals surface area contributed by atoms with Crippen molar-refractivity contribution in [2.24, 2.45) is 0 Å². The molecule has 4 heteroatoms. The zero-order valence-electron chi connectivity index (χ0n) is 13.2. The summed E-state index contributed by atoms with van der Waals surface area (Å²) in [5.41, 5.74) is 3.72. The van der Waals surface area contributed by atoms with E-state index < -0.39 is 0 Å². The van der Waals surface area contributed by atoms with Gasteiger partial charge in [0.15, 0.2) is 0 Å². The van der Waals surface area contributed by atoms with Crippen LogP contribution in [-0.4, -0.2) is 18.4 Å². The van der Waals surface area contributed by atoms with Gasteiger partial charge in [-0.15, -0.1) is 0 Å². The molecule has 23 heavy (non-hydrogen) atoms. The Bertz CT molecular complexity index is 725. The largest absolute Gasteiger partial charge is 0.348 e. The second-order valence-electron chi connectivity index (χ2n) is 5.66. The van der Waals surface area contributed by atoms with E-state index in [9.17, 15) is 9.59 Å². The topological polar surface area (TPSA) is 49.4 Å². The normalized spacial score (nSPS) is 12.8. The van der Waals surface area contributed by atoms with E-state index in [1.807, 2.05) is 49.4 Å². The van der Waals surface area contributed by atoms with Crippen molar-refractivity contribution < 1.29 is 9.59 Å². The predicted octanol–water partition coefficient (Wildman–Crippen LogP) is 2.92. The van der Waals surface area contributed by atoms with E-state index in [4.69, 9.17) is 0 Å². The molecule has 1 aliphatic heterocycles. The van der Waals surface area contributed by atoms with Crippen molar-refractivity contribution in [1.82, 2.24) is 5.32 Å². The molecule has 118 valence electrons. The number of carbonyl (C=O) groups is 2. The number of fused-ring (bicyclic) bond motifs is 1. The molecule has 4 nitrogen and oxygen atoms in total. The van der Waals surface area contributed by atoms with Crippen molar-refractivity contribution in [2.75, 3.05) is 11.4 Å². The number of nitrogens with one attached hydrogen (secondary N) is 1. The first-order valence-corrected chi connectivity index (χ1v) is 7.94. The molecule has 1 aliphatic rings. The molecule has 0 saturated heterocycles. The Morgan fingerprint density at radius 2 is 1.91 bits per heavy atom. The van der Waals surface area contributed by atoms with Gasteiger partial charge in [0.2, 0.25) is 5.91 Å². The minimum absolute atomic E-state index is 0.0862. The van der Waals surface area contributed by atoms with Crippen LogP contribution in [0.3, 0.4) is 0 Å². The third-order valence-corrected chi connectivity index (χ3v) is 4.14. The van der Waals surface area contributed by atoms with Gasteiger partial charge in [-0.3, -0.25) is 9.59 Å². The number of rotatable bonds is 4. The van der Waals surface area contributed by atoms with Gasteiger partial charge in [0.1, 0.15) is 0 Å². The second kappa shape index (κ2) is 6.65. The molecule has 0 bridgehead atoms. The quantitative estimate of drug-likeness (QED) is 0.944. The lowest BCUT2D eigenvalue weighted by Gasteiger charge is -2.16. The highest BCUT2D eigenvalue weighted by molar-refractivity contribution is 5.98. The van der Waals surface area contributed by atoms with E-state index in [0.717, 1.165) is 23.2 Å². The lowest BCUT2D eigenvalue weighted by atomic mass is 10.1. The monoisotopic (exact) mass is 308 g/mol. The second-order valence-corrected chi connectivity index (χ2v) is 5.66. The summed E-state index contributed by atoms with van der Waals surface area (Å²) < 4.78 is 0. The first-order valence-electron chi connectivity index (χ1n) is 7.94. The van der Waals surface area contributed by atoms with Crippen LogP contribution in [0.15, 0.2) is 48.5 Å². The first kappa shape index (κ1) is 15.3.